The summed E-state index contributed by atoms with van der Waals surface area (Å²) in [7, 11) is 1.31. The Morgan fingerprint density at radius 2 is 2.00 bits per heavy atom. The molecule has 3 heterocycles. The summed E-state index contributed by atoms with van der Waals surface area (Å²) in [4.78, 5) is 32.9. The summed E-state index contributed by atoms with van der Waals surface area (Å²) in [5, 5.41) is 18.1. The van der Waals surface area contributed by atoms with Crippen molar-refractivity contribution < 1.29 is 19.4 Å². The van der Waals surface area contributed by atoms with E-state index in [0.717, 1.165) is 16.5 Å². The molecule has 0 fully saturated rings. The maximum absolute atomic E-state index is 12.9. The van der Waals surface area contributed by atoms with Crippen LogP contribution in [0.2, 0.25) is 0 Å². The SMILES string of the molecule is COC(=O)c1c(NC(C)=O)c2cc(NC(C)C(C)(C)O)cnc2n1CCc1c[nH]c2ccccc12. The van der Waals surface area contributed by atoms with Crippen LogP contribution in [0.5, 0.6) is 0 Å². The van der Waals surface area contributed by atoms with Gasteiger partial charge in [-0.2, -0.15) is 0 Å². The Balaban J connectivity index is 1.81. The van der Waals surface area contributed by atoms with Gasteiger partial charge in [0, 0.05) is 36.0 Å². The lowest BCUT2D eigenvalue weighted by atomic mass is 10.0. The lowest BCUT2D eigenvalue weighted by Crippen LogP contribution is -2.39. The van der Waals surface area contributed by atoms with E-state index in [4.69, 9.17) is 4.74 Å². The van der Waals surface area contributed by atoms with Crippen molar-refractivity contribution in [2.75, 3.05) is 17.7 Å². The molecule has 0 radical (unpaired) electrons. The molecule has 0 bridgehead atoms. The van der Waals surface area contributed by atoms with Gasteiger partial charge in [-0.15, -0.1) is 0 Å². The van der Waals surface area contributed by atoms with Crippen LogP contribution < -0.4 is 10.6 Å². The minimum atomic E-state index is -0.960. The molecule has 0 aliphatic carbocycles. The molecule has 1 amide bonds. The number of ether oxygens (including phenoxy) is 1. The van der Waals surface area contributed by atoms with Crippen LogP contribution in [0.1, 0.15) is 43.7 Å². The topological polar surface area (TPSA) is 121 Å². The van der Waals surface area contributed by atoms with Crippen LogP contribution in [-0.4, -0.2) is 50.3 Å². The molecular weight excluding hydrogens is 446 g/mol. The van der Waals surface area contributed by atoms with Gasteiger partial charge >= 0.3 is 5.97 Å². The number of H-pyrrole nitrogens is 1. The zero-order valence-corrected chi connectivity index (χ0v) is 20.6. The van der Waals surface area contributed by atoms with Gasteiger partial charge in [-0.3, -0.25) is 4.79 Å². The average molecular weight is 478 g/mol. The molecule has 0 saturated carbocycles. The first-order valence-corrected chi connectivity index (χ1v) is 11.5. The van der Waals surface area contributed by atoms with E-state index in [1.165, 1.54) is 14.0 Å². The zero-order chi connectivity index (χ0) is 25.3. The number of nitrogens with zero attached hydrogens (tertiary/aromatic N) is 2. The third-order valence-electron chi connectivity index (χ3n) is 6.30. The molecule has 1 atom stereocenters. The second-order valence-corrected chi connectivity index (χ2v) is 9.27. The molecule has 35 heavy (non-hydrogen) atoms. The van der Waals surface area contributed by atoms with Crippen molar-refractivity contribution in [3.05, 3.63) is 54.0 Å². The van der Waals surface area contributed by atoms with Crippen LogP contribution in [0.15, 0.2) is 42.7 Å². The number of rotatable bonds is 8. The molecule has 4 aromatic rings. The number of amides is 1. The molecule has 4 rings (SSSR count). The van der Waals surface area contributed by atoms with Gasteiger partial charge in [0.05, 0.1) is 36.3 Å². The quantitative estimate of drug-likeness (QED) is 0.284. The number of pyridine rings is 1. The van der Waals surface area contributed by atoms with E-state index in [-0.39, 0.29) is 17.6 Å². The molecule has 9 heteroatoms. The number of aryl methyl sites for hydroxylation is 2. The van der Waals surface area contributed by atoms with E-state index < -0.39 is 11.6 Å². The van der Waals surface area contributed by atoms with Crippen molar-refractivity contribution in [2.45, 2.75) is 52.3 Å². The zero-order valence-electron chi connectivity index (χ0n) is 20.6. The number of carbonyl (C=O) groups excluding carboxylic acids is 2. The van der Waals surface area contributed by atoms with Crippen molar-refractivity contribution in [1.29, 1.82) is 0 Å². The number of benzene rings is 1. The predicted molar refractivity (Wildman–Crippen MR) is 137 cm³/mol. The lowest BCUT2D eigenvalue weighted by Gasteiger charge is -2.27. The number of hydrogen-bond donors (Lipinski definition) is 4. The van der Waals surface area contributed by atoms with E-state index in [1.54, 1.807) is 24.6 Å². The van der Waals surface area contributed by atoms with E-state index in [0.29, 0.717) is 35.4 Å². The molecule has 1 unspecified atom stereocenters. The molecule has 0 aliphatic rings. The highest BCUT2D eigenvalue weighted by atomic mass is 16.5. The van der Waals surface area contributed by atoms with Gasteiger partial charge in [0.1, 0.15) is 5.65 Å². The van der Waals surface area contributed by atoms with E-state index >= 15 is 0 Å². The Kier molecular flexibility index (Phi) is 6.53. The Morgan fingerprint density at radius 1 is 1.26 bits per heavy atom. The van der Waals surface area contributed by atoms with E-state index in [9.17, 15) is 14.7 Å². The third-order valence-corrected chi connectivity index (χ3v) is 6.30. The van der Waals surface area contributed by atoms with Crippen molar-refractivity contribution in [1.82, 2.24) is 14.5 Å². The first kappa shape index (κ1) is 24.3. The number of aromatic amines is 1. The Hall–Kier alpha value is -3.85. The minimum Gasteiger partial charge on any atom is -0.464 e. The molecule has 0 saturated heterocycles. The van der Waals surface area contributed by atoms with Crippen molar-refractivity contribution in [3.8, 4) is 0 Å². The molecule has 0 spiro atoms. The Labute approximate surface area is 203 Å². The number of methoxy groups -OCH3 is 1. The molecule has 0 aliphatic heterocycles. The predicted octanol–water partition coefficient (Wildman–Crippen LogP) is 4.08. The van der Waals surface area contributed by atoms with Crippen LogP contribution in [0.25, 0.3) is 21.9 Å². The van der Waals surface area contributed by atoms with Crippen LogP contribution in [0, 0.1) is 0 Å². The van der Waals surface area contributed by atoms with Crippen molar-refractivity contribution in [3.63, 3.8) is 0 Å². The summed E-state index contributed by atoms with van der Waals surface area (Å²) < 4.78 is 6.87. The number of fused-ring (bicyclic) bond motifs is 2. The second kappa shape index (κ2) is 9.42. The average Bonchev–Trinajstić information content (AvgIpc) is 3.35. The van der Waals surface area contributed by atoms with Gasteiger partial charge in [-0.25, -0.2) is 9.78 Å². The number of para-hydroxylation sites is 1. The highest BCUT2D eigenvalue weighted by Crippen LogP contribution is 2.33. The van der Waals surface area contributed by atoms with Gasteiger partial charge in [-0.05, 0) is 44.9 Å². The van der Waals surface area contributed by atoms with Crippen LogP contribution in [-0.2, 0) is 22.5 Å². The molecule has 4 N–H and O–H groups in total. The maximum Gasteiger partial charge on any atom is 0.356 e. The number of aliphatic hydroxyl groups is 1. The summed E-state index contributed by atoms with van der Waals surface area (Å²) in [5.41, 5.74) is 2.98. The number of esters is 1. The molecule has 1 aromatic carbocycles. The van der Waals surface area contributed by atoms with Gasteiger partial charge < -0.3 is 30.0 Å². The van der Waals surface area contributed by atoms with Gasteiger partial charge in [0.15, 0.2) is 5.69 Å². The lowest BCUT2D eigenvalue weighted by molar-refractivity contribution is -0.114. The molecular formula is C26H31N5O4. The number of aromatic nitrogens is 3. The Bertz CT molecular complexity index is 1400. The number of hydrogen-bond acceptors (Lipinski definition) is 6. The van der Waals surface area contributed by atoms with Gasteiger partial charge in [0.2, 0.25) is 5.91 Å². The van der Waals surface area contributed by atoms with Crippen molar-refractivity contribution >= 4 is 45.2 Å². The first-order chi connectivity index (χ1) is 16.6. The van der Waals surface area contributed by atoms with Crippen LogP contribution in [0.3, 0.4) is 0 Å². The highest BCUT2D eigenvalue weighted by Gasteiger charge is 2.27. The van der Waals surface area contributed by atoms with Crippen molar-refractivity contribution in [2.24, 2.45) is 0 Å². The second-order valence-electron chi connectivity index (χ2n) is 9.27. The van der Waals surface area contributed by atoms with Crippen LogP contribution in [0.4, 0.5) is 11.4 Å². The fourth-order valence-corrected chi connectivity index (χ4v) is 4.13. The summed E-state index contributed by atoms with van der Waals surface area (Å²) in [6.07, 6.45) is 4.26. The van der Waals surface area contributed by atoms with Crippen LogP contribution >= 0.6 is 0 Å². The molecule has 184 valence electrons. The first-order valence-electron chi connectivity index (χ1n) is 11.5. The number of nitrogens with one attached hydrogen (secondary N) is 3. The summed E-state index contributed by atoms with van der Waals surface area (Å²) >= 11 is 0. The van der Waals surface area contributed by atoms with Gasteiger partial charge in [-0.1, -0.05) is 18.2 Å². The largest absolute Gasteiger partial charge is 0.464 e. The smallest absolute Gasteiger partial charge is 0.356 e. The maximum atomic E-state index is 12.9. The summed E-state index contributed by atoms with van der Waals surface area (Å²) in [6, 6.07) is 9.60. The number of carbonyl (C=O) groups is 2. The fraction of sp³-hybridized carbons (Fsp3) is 0.346. The van der Waals surface area contributed by atoms with Gasteiger partial charge in [0.25, 0.3) is 0 Å². The normalized spacial score (nSPS) is 12.6. The van der Waals surface area contributed by atoms with E-state index in [1.807, 2.05) is 37.4 Å². The Morgan fingerprint density at radius 3 is 2.69 bits per heavy atom. The standard InChI is InChI=1S/C26H31N5O4/c1-15(26(3,4)34)29-18-12-20-22(30-16(2)32)23(25(33)35-5)31(24(20)28-14-18)11-10-17-13-27-21-9-7-6-8-19(17)21/h6-9,12-15,27,29,34H,10-11H2,1-5H3,(H,30,32). The van der Waals surface area contributed by atoms with E-state index in [2.05, 4.69) is 26.7 Å². The molecule has 3 aromatic heterocycles. The highest BCUT2D eigenvalue weighted by molar-refractivity contribution is 6.11. The summed E-state index contributed by atoms with van der Waals surface area (Å²) in [5.74, 6) is -0.876. The minimum absolute atomic E-state index is 0.234. The summed E-state index contributed by atoms with van der Waals surface area (Å²) in [6.45, 7) is 7.14. The third kappa shape index (κ3) is 4.85. The monoisotopic (exact) mass is 477 g/mol. The number of anilines is 2. The molecule has 9 nitrogen and oxygen atoms in total. The fourth-order valence-electron chi connectivity index (χ4n) is 4.13.